The van der Waals surface area contributed by atoms with Crippen molar-refractivity contribution in [1.29, 1.82) is 0 Å². The van der Waals surface area contributed by atoms with Crippen LogP contribution >= 0.6 is 12.2 Å². The van der Waals surface area contributed by atoms with Gasteiger partial charge in [-0.25, -0.2) is 8.42 Å². The minimum Gasteiger partial charge on any atom is -0.360 e. The van der Waals surface area contributed by atoms with E-state index in [1.807, 2.05) is 6.07 Å². The van der Waals surface area contributed by atoms with E-state index in [-0.39, 0.29) is 0 Å². The molecule has 0 aromatic heterocycles. The van der Waals surface area contributed by atoms with Gasteiger partial charge < -0.3 is 10.2 Å². The lowest BCUT2D eigenvalue weighted by molar-refractivity contribution is 0.264. The standard InChI is InChI=1S/C14H19N3O2S2/c18-21(19,13-4-2-1-3-5-13)17-10-8-16(9-11-17)14(20)15-12-6-7-12/h1-5,12H,6-11H2,(H,15,20). The Morgan fingerprint density at radius 3 is 2.29 bits per heavy atom. The summed E-state index contributed by atoms with van der Waals surface area (Å²) >= 11 is 5.36. The lowest BCUT2D eigenvalue weighted by atomic mass is 10.4. The Balaban J connectivity index is 1.61. The highest BCUT2D eigenvalue weighted by atomic mass is 32.2. The van der Waals surface area contributed by atoms with Crippen molar-refractivity contribution in [2.45, 2.75) is 23.8 Å². The fourth-order valence-corrected chi connectivity index (χ4v) is 4.16. The van der Waals surface area contributed by atoms with Crippen LogP contribution in [-0.4, -0.2) is 55.0 Å². The number of rotatable bonds is 3. The van der Waals surface area contributed by atoms with Crippen molar-refractivity contribution >= 4 is 27.4 Å². The minimum atomic E-state index is -3.38. The smallest absolute Gasteiger partial charge is 0.243 e. The molecule has 1 N–H and O–H groups in total. The van der Waals surface area contributed by atoms with Crippen molar-refractivity contribution in [2.75, 3.05) is 26.2 Å². The first kappa shape index (κ1) is 14.7. The third kappa shape index (κ3) is 3.36. The molecule has 2 fully saturated rings. The molecule has 0 amide bonds. The molecule has 0 atom stereocenters. The van der Waals surface area contributed by atoms with Crippen molar-refractivity contribution < 1.29 is 8.42 Å². The first-order valence-electron chi connectivity index (χ1n) is 7.18. The van der Waals surface area contributed by atoms with E-state index < -0.39 is 10.0 Å². The fraction of sp³-hybridized carbons (Fsp3) is 0.500. The Hall–Kier alpha value is -1.18. The van der Waals surface area contributed by atoms with Gasteiger partial charge in [-0.3, -0.25) is 0 Å². The molecule has 1 saturated heterocycles. The Labute approximate surface area is 131 Å². The third-order valence-electron chi connectivity index (χ3n) is 3.81. The van der Waals surface area contributed by atoms with Crippen LogP contribution in [0.25, 0.3) is 0 Å². The number of piperazine rings is 1. The first-order chi connectivity index (χ1) is 10.1. The molecular weight excluding hydrogens is 306 g/mol. The maximum atomic E-state index is 12.5. The zero-order valence-electron chi connectivity index (χ0n) is 11.7. The van der Waals surface area contributed by atoms with Crippen molar-refractivity contribution in [3.05, 3.63) is 30.3 Å². The summed E-state index contributed by atoms with van der Waals surface area (Å²) in [4.78, 5) is 2.42. The zero-order valence-corrected chi connectivity index (χ0v) is 13.4. The lowest BCUT2D eigenvalue weighted by Crippen LogP contribution is -2.53. The van der Waals surface area contributed by atoms with Gasteiger partial charge in [0.1, 0.15) is 0 Å². The molecule has 1 aliphatic carbocycles. The molecule has 2 aliphatic rings. The Kier molecular flexibility index (Phi) is 4.14. The summed E-state index contributed by atoms with van der Waals surface area (Å²) in [7, 11) is -3.38. The predicted octanol–water partition coefficient (Wildman–Crippen LogP) is 1.03. The van der Waals surface area contributed by atoms with Crippen molar-refractivity contribution in [2.24, 2.45) is 0 Å². The topological polar surface area (TPSA) is 52.7 Å². The SMILES string of the molecule is O=S(=O)(c1ccccc1)N1CCN(C(=S)NC2CC2)CC1. The Morgan fingerprint density at radius 2 is 1.71 bits per heavy atom. The highest BCUT2D eigenvalue weighted by Gasteiger charge is 2.30. The molecule has 3 rings (SSSR count). The molecule has 1 aromatic rings. The summed E-state index contributed by atoms with van der Waals surface area (Å²) in [6, 6.07) is 9.12. The number of nitrogens with one attached hydrogen (secondary N) is 1. The molecule has 0 unspecified atom stereocenters. The van der Waals surface area contributed by atoms with E-state index in [0.717, 1.165) is 5.11 Å². The molecule has 1 aliphatic heterocycles. The summed E-state index contributed by atoms with van der Waals surface area (Å²) in [5.41, 5.74) is 0. The molecule has 7 heteroatoms. The van der Waals surface area contributed by atoms with Crippen LogP contribution in [0.4, 0.5) is 0 Å². The van der Waals surface area contributed by atoms with Crippen molar-refractivity contribution in [3.8, 4) is 0 Å². The molecule has 1 saturated carbocycles. The second-order valence-corrected chi connectivity index (χ2v) is 7.75. The normalized spacial score (nSPS) is 20.3. The summed E-state index contributed by atoms with van der Waals surface area (Å²) in [6.45, 7) is 2.24. The molecule has 21 heavy (non-hydrogen) atoms. The maximum absolute atomic E-state index is 12.5. The quantitative estimate of drug-likeness (QED) is 0.841. The van der Waals surface area contributed by atoms with Crippen LogP contribution in [0.1, 0.15) is 12.8 Å². The number of nitrogens with zero attached hydrogens (tertiary/aromatic N) is 2. The van der Waals surface area contributed by atoms with E-state index in [9.17, 15) is 8.42 Å². The van der Waals surface area contributed by atoms with Crippen LogP contribution in [0, 0.1) is 0 Å². The average molecular weight is 325 g/mol. The summed E-state index contributed by atoms with van der Waals surface area (Å²) in [5.74, 6) is 0. The molecule has 5 nitrogen and oxygen atoms in total. The molecule has 114 valence electrons. The number of hydrogen-bond acceptors (Lipinski definition) is 3. The number of benzene rings is 1. The van der Waals surface area contributed by atoms with Gasteiger partial charge in [0.25, 0.3) is 0 Å². The highest BCUT2D eigenvalue weighted by Crippen LogP contribution is 2.20. The molecular formula is C14H19N3O2S2. The van der Waals surface area contributed by atoms with Gasteiger partial charge in [-0.15, -0.1) is 0 Å². The summed E-state index contributed by atoms with van der Waals surface area (Å²) in [5, 5.41) is 4.06. The van der Waals surface area contributed by atoms with E-state index >= 15 is 0 Å². The Morgan fingerprint density at radius 1 is 1.10 bits per heavy atom. The summed E-state index contributed by atoms with van der Waals surface area (Å²) < 4.78 is 26.6. The molecule has 0 radical (unpaired) electrons. The first-order valence-corrected chi connectivity index (χ1v) is 9.03. The number of thiocarbonyl (C=S) groups is 1. The molecule has 1 heterocycles. The van der Waals surface area contributed by atoms with Gasteiger partial charge >= 0.3 is 0 Å². The van der Waals surface area contributed by atoms with E-state index in [2.05, 4.69) is 10.2 Å². The Bertz CT molecular complexity index is 606. The van der Waals surface area contributed by atoms with Gasteiger partial charge in [-0.1, -0.05) is 18.2 Å². The number of hydrogen-bond donors (Lipinski definition) is 1. The van der Waals surface area contributed by atoms with Gasteiger partial charge in [0.15, 0.2) is 5.11 Å². The maximum Gasteiger partial charge on any atom is 0.243 e. The monoisotopic (exact) mass is 325 g/mol. The van der Waals surface area contributed by atoms with Crippen molar-refractivity contribution in [3.63, 3.8) is 0 Å². The van der Waals surface area contributed by atoms with Crippen LogP contribution < -0.4 is 5.32 Å². The van der Waals surface area contributed by atoms with Gasteiger partial charge in [0.2, 0.25) is 10.0 Å². The lowest BCUT2D eigenvalue weighted by Gasteiger charge is -2.35. The van der Waals surface area contributed by atoms with E-state index in [4.69, 9.17) is 12.2 Å². The fourth-order valence-electron chi connectivity index (χ4n) is 2.37. The van der Waals surface area contributed by atoms with Crippen LogP contribution in [0.3, 0.4) is 0 Å². The third-order valence-corrected chi connectivity index (χ3v) is 6.10. The van der Waals surface area contributed by atoms with Crippen molar-refractivity contribution in [1.82, 2.24) is 14.5 Å². The predicted molar refractivity (Wildman–Crippen MR) is 85.5 cm³/mol. The van der Waals surface area contributed by atoms with E-state index in [0.29, 0.717) is 37.1 Å². The second-order valence-electron chi connectivity index (χ2n) is 5.43. The largest absolute Gasteiger partial charge is 0.360 e. The average Bonchev–Trinajstić information content (AvgIpc) is 3.32. The van der Waals surface area contributed by atoms with Crippen LogP contribution in [0.15, 0.2) is 35.2 Å². The molecule has 0 bridgehead atoms. The molecule has 1 aromatic carbocycles. The van der Waals surface area contributed by atoms with E-state index in [1.54, 1.807) is 28.6 Å². The highest BCUT2D eigenvalue weighted by molar-refractivity contribution is 7.89. The minimum absolute atomic E-state index is 0.358. The van der Waals surface area contributed by atoms with Gasteiger partial charge in [-0.05, 0) is 37.2 Å². The number of sulfonamides is 1. The van der Waals surface area contributed by atoms with Gasteiger partial charge in [-0.2, -0.15) is 4.31 Å². The van der Waals surface area contributed by atoms with E-state index in [1.165, 1.54) is 12.8 Å². The van der Waals surface area contributed by atoms with Crippen LogP contribution in [-0.2, 0) is 10.0 Å². The molecule has 0 spiro atoms. The second kappa shape index (κ2) is 5.90. The van der Waals surface area contributed by atoms with Gasteiger partial charge in [0, 0.05) is 32.2 Å². The van der Waals surface area contributed by atoms with Crippen LogP contribution in [0.5, 0.6) is 0 Å². The van der Waals surface area contributed by atoms with Gasteiger partial charge in [0.05, 0.1) is 4.90 Å². The van der Waals surface area contributed by atoms with Crippen LogP contribution in [0.2, 0.25) is 0 Å². The zero-order chi connectivity index (χ0) is 14.9. The summed E-state index contributed by atoms with van der Waals surface area (Å²) in [6.07, 6.45) is 2.37.